The molecule has 3 heterocycles. The largest absolute Gasteiger partial charge is 0.352 e. The van der Waals surface area contributed by atoms with Crippen molar-refractivity contribution in [2.24, 2.45) is 5.92 Å². The second kappa shape index (κ2) is 8.37. The van der Waals surface area contributed by atoms with E-state index >= 15 is 0 Å². The van der Waals surface area contributed by atoms with Crippen molar-refractivity contribution < 1.29 is 4.79 Å². The lowest BCUT2D eigenvalue weighted by Crippen LogP contribution is -2.43. The maximum atomic E-state index is 12.7. The highest BCUT2D eigenvalue weighted by atomic mass is 32.1. The Morgan fingerprint density at radius 3 is 2.66 bits per heavy atom. The zero-order chi connectivity index (χ0) is 20.4. The molecule has 1 atom stereocenters. The average Bonchev–Trinajstić information content (AvgIpc) is 3.32. The van der Waals surface area contributed by atoms with Crippen LogP contribution in [0.2, 0.25) is 0 Å². The topological polar surface area (TPSA) is 63.1 Å². The Hall–Kier alpha value is -2.67. The Morgan fingerprint density at radius 2 is 1.90 bits per heavy atom. The molecule has 1 aromatic carbocycles. The Morgan fingerprint density at radius 1 is 1.14 bits per heavy atom. The van der Waals surface area contributed by atoms with Crippen molar-refractivity contribution in [2.45, 2.75) is 40.2 Å². The van der Waals surface area contributed by atoms with E-state index in [1.807, 2.05) is 6.07 Å². The van der Waals surface area contributed by atoms with Gasteiger partial charge >= 0.3 is 0 Å². The summed E-state index contributed by atoms with van der Waals surface area (Å²) in [5.74, 6) is 0.106. The molecule has 1 N–H and O–H groups in total. The fraction of sp³-hybridized carbons (Fsp3) is 0.409. The summed E-state index contributed by atoms with van der Waals surface area (Å²) in [5.41, 5.74) is 4.65. The number of hydrogen-bond acceptors (Lipinski definition) is 5. The third kappa shape index (κ3) is 4.34. The monoisotopic (exact) mass is 409 g/mol. The first kappa shape index (κ1) is 19.6. The summed E-state index contributed by atoms with van der Waals surface area (Å²) in [6.45, 7) is 8.40. The number of amides is 1. The third-order valence-electron chi connectivity index (χ3n) is 5.48. The number of benzene rings is 1. The Kier molecular flexibility index (Phi) is 5.67. The van der Waals surface area contributed by atoms with Crippen LogP contribution in [0.5, 0.6) is 0 Å². The van der Waals surface area contributed by atoms with E-state index in [1.165, 1.54) is 5.56 Å². The van der Waals surface area contributed by atoms with E-state index in [0.29, 0.717) is 13.1 Å². The van der Waals surface area contributed by atoms with E-state index in [9.17, 15) is 4.79 Å². The molecule has 1 aliphatic heterocycles. The van der Waals surface area contributed by atoms with E-state index in [-0.39, 0.29) is 11.8 Å². The van der Waals surface area contributed by atoms with Crippen molar-refractivity contribution in [1.29, 1.82) is 0 Å². The summed E-state index contributed by atoms with van der Waals surface area (Å²) in [6, 6.07) is 12.4. The van der Waals surface area contributed by atoms with Crippen molar-refractivity contribution >= 4 is 22.4 Å². The number of nitrogens with zero attached hydrogens (tertiary/aromatic N) is 4. The predicted molar refractivity (Wildman–Crippen MR) is 117 cm³/mol. The number of carbonyl (C=O) groups excluding carboxylic acids is 1. The number of rotatable bonds is 5. The molecule has 29 heavy (non-hydrogen) atoms. The number of aromatic nitrogens is 3. The summed E-state index contributed by atoms with van der Waals surface area (Å²) in [7, 11) is 0. The van der Waals surface area contributed by atoms with Crippen LogP contribution in [-0.2, 0) is 11.3 Å². The van der Waals surface area contributed by atoms with Crippen LogP contribution in [-0.4, -0.2) is 33.8 Å². The first-order chi connectivity index (χ1) is 14.0. The summed E-state index contributed by atoms with van der Waals surface area (Å²) in [4.78, 5) is 14.9. The minimum Gasteiger partial charge on any atom is -0.352 e. The number of aryl methyl sites for hydroxylation is 3. The van der Waals surface area contributed by atoms with Crippen LogP contribution in [0.3, 0.4) is 0 Å². The molecule has 0 spiro atoms. The van der Waals surface area contributed by atoms with Crippen LogP contribution >= 0.6 is 11.3 Å². The zero-order valence-electron chi connectivity index (χ0n) is 17.2. The van der Waals surface area contributed by atoms with E-state index in [0.717, 1.165) is 46.6 Å². The third-order valence-corrected chi connectivity index (χ3v) is 6.45. The predicted octanol–water partition coefficient (Wildman–Crippen LogP) is 3.79. The number of carbonyl (C=O) groups is 1. The lowest BCUT2D eigenvalue weighted by molar-refractivity contribution is -0.125. The van der Waals surface area contributed by atoms with Crippen LogP contribution in [0, 0.1) is 26.7 Å². The maximum absolute atomic E-state index is 12.7. The first-order valence-electron chi connectivity index (χ1n) is 10.1. The Bertz CT molecular complexity index is 989. The molecular formula is C22H27N5OS. The SMILES string of the molecule is Cc1cccc(CNC(=O)[C@H]2CCCN(c3nnc(-n4c(C)ccc4C)s3)C2)c1. The molecule has 7 heteroatoms. The van der Waals surface area contributed by atoms with Gasteiger partial charge in [0.2, 0.25) is 16.2 Å². The van der Waals surface area contributed by atoms with Crippen molar-refractivity contribution in [1.82, 2.24) is 20.1 Å². The molecule has 6 nitrogen and oxygen atoms in total. The summed E-state index contributed by atoms with van der Waals surface area (Å²) < 4.78 is 2.12. The average molecular weight is 410 g/mol. The molecule has 3 aromatic rings. The van der Waals surface area contributed by atoms with Crippen molar-refractivity contribution in [3.8, 4) is 5.13 Å². The van der Waals surface area contributed by atoms with Gasteiger partial charge in [-0.3, -0.25) is 9.36 Å². The highest BCUT2D eigenvalue weighted by Crippen LogP contribution is 2.29. The number of hydrogen-bond donors (Lipinski definition) is 1. The lowest BCUT2D eigenvalue weighted by atomic mass is 9.97. The highest BCUT2D eigenvalue weighted by molar-refractivity contribution is 7.17. The van der Waals surface area contributed by atoms with Gasteiger partial charge in [-0.1, -0.05) is 41.2 Å². The van der Waals surface area contributed by atoms with Crippen molar-refractivity contribution in [3.05, 3.63) is 58.9 Å². The van der Waals surface area contributed by atoms with Gasteiger partial charge in [0, 0.05) is 31.0 Å². The number of piperidine rings is 1. The Balaban J connectivity index is 1.40. The molecule has 1 saturated heterocycles. The van der Waals surface area contributed by atoms with Crippen molar-refractivity contribution in [3.63, 3.8) is 0 Å². The molecule has 0 bridgehead atoms. The van der Waals surface area contributed by atoms with Gasteiger partial charge in [0.05, 0.1) is 5.92 Å². The fourth-order valence-electron chi connectivity index (χ4n) is 3.92. The molecule has 1 amide bonds. The highest BCUT2D eigenvalue weighted by Gasteiger charge is 2.27. The first-order valence-corrected chi connectivity index (χ1v) is 10.9. The molecule has 0 aliphatic carbocycles. The normalized spacial score (nSPS) is 16.8. The van der Waals surface area contributed by atoms with Crippen LogP contribution in [0.15, 0.2) is 36.4 Å². The van der Waals surface area contributed by atoms with Crippen LogP contribution < -0.4 is 10.2 Å². The second-order valence-electron chi connectivity index (χ2n) is 7.81. The van der Waals surface area contributed by atoms with Gasteiger partial charge in [-0.05, 0) is 51.3 Å². The van der Waals surface area contributed by atoms with E-state index < -0.39 is 0 Å². The quantitative estimate of drug-likeness (QED) is 0.696. The van der Waals surface area contributed by atoms with Gasteiger partial charge in [0.15, 0.2) is 0 Å². The van der Waals surface area contributed by atoms with Gasteiger partial charge in [-0.15, -0.1) is 10.2 Å². The summed E-state index contributed by atoms with van der Waals surface area (Å²) in [6.07, 6.45) is 1.90. The van der Waals surface area contributed by atoms with Gasteiger partial charge < -0.3 is 10.2 Å². The molecule has 1 aliphatic rings. The molecular weight excluding hydrogens is 382 g/mol. The molecule has 0 radical (unpaired) electrons. The van der Waals surface area contributed by atoms with Gasteiger partial charge in [-0.25, -0.2) is 0 Å². The zero-order valence-corrected chi connectivity index (χ0v) is 18.0. The standard InChI is InChI=1S/C22H27N5OS/c1-15-6-4-7-18(12-15)13-23-20(28)19-8-5-11-26(14-19)21-24-25-22(29-21)27-16(2)9-10-17(27)3/h4,6-7,9-10,12,19H,5,8,11,13-14H2,1-3H3,(H,23,28)/t19-/m0/s1. The molecule has 0 unspecified atom stereocenters. The Labute approximate surface area is 175 Å². The van der Waals surface area contributed by atoms with Gasteiger partial charge in [0.1, 0.15) is 0 Å². The smallest absolute Gasteiger partial charge is 0.225 e. The van der Waals surface area contributed by atoms with Gasteiger partial charge in [0.25, 0.3) is 0 Å². The second-order valence-corrected chi connectivity index (χ2v) is 8.75. The molecule has 152 valence electrons. The van der Waals surface area contributed by atoms with Crippen LogP contribution in [0.1, 0.15) is 35.4 Å². The van der Waals surface area contributed by atoms with Crippen LogP contribution in [0.4, 0.5) is 5.13 Å². The number of nitrogens with one attached hydrogen (secondary N) is 1. The van der Waals surface area contributed by atoms with Crippen LogP contribution in [0.25, 0.3) is 5.13 Å². The molecule has 0 saturated carbocycles. The van der Waals surface area contributed by atoms with E-state index in [1.54, 1.807) is 11.3 Å². The summed E-state index contributed by atoms with van der Waals surface area (Å²) in [5, 5.41) is 13.7. The minimum atomic E-state index is -0.0176. The number of anilines is 1. The van der Waals surface area contributed by atoms with E-state index in [4.69, 9.17) is 0 Å². The minimum absolute atomic E-state index is 0.0176. The van der Waals surface area contributed by atoms with Gasteiger partial charge in [-0.2, -0.15) is 0 Å². The maximum Gasteiger partial charge on any atom is 0.225 e. The lowest BCUT2D eigenvalue weighted by Gasteiger charge is -2.31. The van der Waals surface area contributed by atoms with E-state index in [2.05, 4.69) is 76.1 Å². The molecule has 1 fully saturated rings. The molecule has 2 aromatic heterocycles. The summed E-state index contributed by atoms with van der Waals surface area (Å²) >= 11 is 1.59. The van der Waals surface area contributed by atoms with Crippen molar-refractivity contribution in [2.75, 3.05) is 18.0 Å². The fourth-order valence-corrected chi connectivity index (χ4v) is 4.92. The molecule has 4 rings (SSSR count).